The third kappa shape index (κ3) is 4.52. The highest BCUT2D eigenvalue weighted by Crippen LogP contribution is 2.41. The number of hydrogen-bond donors (Lipinski definition) is 2. The Morgan fingerprint density at radius 1 is 1.06 bits per heavy atom. The van der Waals surface area contributed by atoms with Crippen LogP contribution in [0, 0.1) is 11.8 Å². The van der Waals surface area contributed by atoms with E-state index in [1.54, 1.807) is 6.07 Å². The molecule has 31 heavy (non-hydrogen) atoms. The van der Waals surface area contributed by atoms with Gasteiger partial charge in [0.05, 0.1) is 22.5 Å². The van der Waals surface area contributed by atoms with Gasteiger partial charge in [0.2, 0.25) is 0 Å². The molecule has 0 bridgehead atoms. The second kappa shape index (κ2) is 9.00. The molecule has 1 saturated heterocycles. The fourth-order valence-electron chi connectivity index (χ4n) is 5.12. The van der Waals surface area contributed by atoms with E-state index in [0.717, 1.165) is 40.6 Å². The summed E-state index contributed by atoms with van der Waals surface area (Å²) in [4.78, 5) is 0. The number of nitrogens with zero attached hydrogens (tertiary/aromatic N) is 3. The molecular formula is C23H25BrCl2N4O. The summed E-state index contributed by atoms with van der Waals surface area (Å²) in [5.41, 5.74) is 5.88. The SMILES string of the molecule is OC(NN1CC2CCCC2C1)C1=NN(c2ccc(Cl)cc2Cl)C(c2ccc(Br)cc2)C1. The second-order valence-electron chi connectivity index (χ2n) is 8.69. The van der Waals surface area contributed by atoms with E-state index < -0.39 is 6.23 Å². The largest absolute Gasteiger partial charge is 0.372 e. The Balaban J connectivity index is 1.39. The maximum atomic E-state index is 11.0. The molecule has 2 aromatic carbocycles. The van der Waals surface area contributed by atoms with Crippen LogP contribution in [-0.2, 0) is 0 Å². The van der Waals surface area contributed by atoms with Crippen LogP contribution in [0.25, 0.3) is 0 Å². The summed E-state index contributed by atoms with van der Waals surface area (Å²) < 4.78 is 1.02. The average molecular weight is 524 g/mol. The van der Waals surface area contributed by atoms with E-state index >= 15 is 0 Å². The molecule has 5 nitrogen and oxygen atoms in total. The number of hydrogen-bond acceptors (Lipinski definition) is 5. The minimum absolute atomic E-state index is 0.0591. The molecule has 0 radical (unpaired) electrons. The summed E-state index contributed by atoms with van der Waals surface area (Å²) in [5.74, 6) is 1.51. The molecule has 1 saturated carbocycles. The maximum Gasteiger partial charge on any atom is 0.158 e. The Labute approximate surface area is 201 Å². The van der Waals surface area contributed by atoms with E-state index in [1.807, 2.05) is 29.3 Å². The van der Waals surface area contributed by atoms with E-state index in [0.29, 0.717) is 22.2 Å². The van der Waals surface area contributed by atoms with Crippen molar-refractivity contribution in [1.29, 1.82) is 0 Å². The minimum atomic E-state index is -0.826. The lowest BCUT2D eigenvalue weighted by atomic mass is 10.0. The summed E-state index contributed by atoms with van der Waals surface area (Å²) in [6.07, 6.45) is 3.72. The van der Waals surface area contributed by atoms with E-state index in [-0.39, 0.29) is 6.04 Å². The van der Waals surface area contributed by atoms with Crippen LogP contribution in [0.15, 0.2) is 52.0 Å². The summed E-state index contributed by atoms with van der Waals surface area (Å²) in [6.45, 7) is 2.00. The van der Waals surface area contributed by atoms with Crippen LogP contribution in [0.2, 0.25) is 10.0 Å². The van der Waals surface area contributed by atoms with Gasteiger partial charge in [0, 0.05) is 29.0 Å². The van der Waals surface area contributed by atoms with E-state index in [4.69, 9.17) is 28.3 Å². The highest BCUT2D eigenvalue weighted by molar-refractivity contribution is 9.10. The molecule has 2 aliphatic heterocycles. The maximum absolute atomic E-state index is 11.0. The van der Waals surface area contributed by atoms with Crippen molar-refractivity contribution in [2.75, 3.05) is 18.1 Å². The van der Waals surface area contributed by atoms with Crippen molar-refractivity contribution >= 4 is 50.5 Å². The Kier molecular flexibility index (Phi) is 6.30. The van der Waals surface area contributed by atoms with Crippen molar-refractivity contribution in [2.24, 2.45) is 16.9 Å². The normalized spacial score (nSPS) is 26.9. The second-order valence-corrected chi connectivity index (χ2v) is 10.5. The van der Waals surface area contributed by atoms with Crippen LogP contribution < -0.4 is 10.4 Å². The summed E-state index contributed by atoms with van der Waals surface area (Å²) in [6, 6.07) is 13.5. The summed E-state index contributed by atoms with van der Waals surface area (Å²) >= 11 is 16.1. The highest BCUT2D eigenvalue weighted by atomic mass is 79.9. The average Bonchev–Trinajstić information content (AvgIpc) is 3.43. The Morgan fingerprint density at radius 3 is 2.45 bits per heavy atom. The topological polar surface area (TPSA) is 51.1 Å². The number of rotatable bonds is 5. The van der Waals surface area contributed by atoms with E-state index in [9.17, 15) is 5.11 Å². The molecule has 4 atom stereocenters. The van der Waals surface area contributed by atoms with Gasteiger partial charge in [-0.25, -0.2) is 10.4 Å². The molecule has 8 heteroatoms. The quantitative estimate of drug-likeness (QED) is 0.499. The van der Waals surface area contributed by atoms with Crippen molar-refractivity contribution in [1.82, 2.24) is 10.4 Å². The highest BCUT2D eigenvalue weighted by Gasteiger charge is 2.38. The number of benzene rings is 2. The van der Waals surface area contributed by atoms with Gasteiger partial charge in [-0.05, 0) is 60.6 Å². The lowest BCUT2D eigenvalue weighted by Gasteiger charge is -2.25. The van der Waals surface area contributed by atoms with Crippen molar-refractivity contribution in [3.8, 4) is 0 Å². The van der Waals surface area contributed by atoms with Gasteiger partial charge in [-0.15, -0.1) is 0 Å². The number of anilines is 1. The number of hydrazine groups is 1. The first kappa shape index (κ1) is 21.7. The van der Waals surface area contributed by atoms with Crippen molar-refractivity contribution < 1.29 is 5.11 Å². The van der Waals surface area contributed by atoms with Crippen molar-refractivity contribution in [2.45, 2.75) is 38.0 Å². The van der Waals surface area contributed by atoms with Gasteiger partial charge in [-0.2, -0.15) is 5.10 Å². The van der Waals surface area contributed by atoms with Crippen LogP contribution in [-0.4, -0.2) is 35.1 Å². The lowest BCUT2D eigenvalue weighted by molar-refractivity contribution is 0.0876. The Hall–Kier alpha value is -1.15. The van der Waals surface area contributed by atoms with Crippen molar-refractivity contribution in [3.63, 3.8) is 0 Å². The van der Waals surface area contributed by atoms with E-state index in [2.05, 4.69) is 38.5 Å². The molecule has 2 aromatic rings. The third-order valence-corrected chi connectivity index (χ3v) is 7.76. The first-order valence-corrected chi connectivity index (χ1v) is 12.3. The first-order chi connectivity index (χ1) is 15.0. The van der Waals surface area contributed by atoms with Crippen LogP contribution >= 0.6 is 39.1 Å². The molecule has 1 aliphatic carbocycles. The zero-order chi connectivity index (χ0) is 21.5. The number of halogens is 3. The molecule has 2 fully saturated rings. The zero-order valence-corrected chi connectivity index (χ0v) is 20.1. The molecule has 4 unspecified atom stereocenters. The van der Waals surface area contributed by atoms with Gasteiger partial charge in [0.1, 0.15) is 0 Å². The Bertz CT molecular complexity index is 974. The molecule has 3 aliphatic rings. The molecular weight excluding hydrogens is 499 g/mol. The smallest absolute Gasteiger partial charge is 0.158 e. The molecule has 0 spiro atoms. The monoisotopic (exact) mass is 522 g/mol. The first-order valence-electron chi connectivity index (χ1n) is 10.7. The van der Waals surface area contributed by atoms with Gasteiger partial charge in [0.15, 0.2) is 6.23 Å². The van der Waals surface area contributed by atoms with Gasteiger partial charge in [-0.1, -0.05) is 57.7 Å². The van der Waals surface area contributed by atoms with Gasteiger partial charge >= 0.3 is 0 Å². The van der Waals surface area contributed by atoms with Crippen molar-refractivity contribution in [3.05, 3.63) is 62.5 Å². The predicted octanol–water partition coefficient (Wildman–Crippen LogP) is 5.62. The van der Waals surface area contributed by atoms with Crippen LogP contribution in [0.3, 0.4) is 0 Å². The predicted molar refractivity (Wildman–Crippen MR) is 129 cm³/mol. The molecule has 2 N–H and O–H groups in total. The summed E-state index contributed by atoms with van der Waals surface area (Å²) in [7, 11) is 0. The molecule has 0 aromatic heterocycles. The molecule has 2 heterocycles. The number of fused-ring (bicyclic) bond motifs is 1. The number of hydrazone groups is 1. The molecule has 164 valence electrons. The zero-order valence-electron chi connectivity index (χ0n) is 17.0. The number of aliphatic hydroxyl groups excluding tert-OH is 1. The minimum Gasteiger partial charge on any atom is -0.372 e. The van der Waals surface area contributed by atoms with Gasteiger partial charge in [0.25, 0.3) is 0 Å². The fraction of sp³-hybridized carbons (Fsp3) is 0.435. The van der Waals surface area contributed by atoms with Gasteiger partial charge in [-0.3, -0.25) is 5.01 Å². The van der Waals surface area contributed by atoms with Crippen LogP contribution in [0.5, 0.6) is 0 Å². The lowest BCUT2D eigenvalue weighted by Crippen LogP contribution is -2.47. The number of aliphatic hydroxyl groups is 1. The third-order valence-electron chi connectivity index (χ3n) is 6.69. The van der Waals surface area contributed by atoms with E-state index in [1.165, 1.54) is 19.3 Å². The summed E-state index contributed by atoms with van der Waals surface area (Å²) in [5, 5.41) is 21.0. The molecule has 0 amide bonds. The standard InChI is InChI=1S/C23H25BrCl2N4O/c24-17-6-4-14(5-7-17)22-11-20(27-30(22)21-9-8-18(25)10-19(21)26)23(31)28-29-12-15-2-1-3-16(15)13-29/h4-10,15-16,22-23,28,31H,1-3,11-13H2. The van der Waals surface area contributed by atoms with Gasteiger partial charge < -0.3 is 5.11 Å². The Morgan fingerprint density at radius 2 is 1.77 bits per heavy atom. The van der Waals surface area contributed by atoms with Crippen LogP contribution in [0.4, 0.5) is 5.69 Å². The van der Waals surface area contributed by atoms with Crippen LogP contribution in [0.1, 0.15) is 37.3 Å². The number of nitrogens with one attached hydrogen (secondary N) is 1. The fourth-order valence-corrected chi connectivity index (χ4v) is 5.88. The molecule has 5 rings (SSSR count).